The van der Waals surface area contributed by atoms with Crippen molar-refractivity contribution in [3.05, 3.63) is 58.9 Å². The lowest BCUT2D eigenvalue weighted by atomic mass is 10.1. The zero-order chi connectivity index (χ0) is 22.2. The first-order valence-corrected chi connectivity index (χ1v) is 11.7. The molecule has 0 spiro atoms. The van der Waals surface area contributed by atoms with Crippen molar-refractivity contribution in [1.29, 1.82) is 0 Å². The first-order valence-electron chi connectivity index (χ1n) is 10.7. The summed E-state index contributed by atoms with van der Waals surface area (Å²) in [6.07, 6.45) is 2.08. The van der Waals surface area contributed by atoms with Crippen molar-refractivity contribution in [2.45, 2.75) is 57.5 Å². The van der Waals surface area contributed by atoms with Crippen LogP contribution in [0.2, 0.25) is 0 Å². The standard InChI is InChI=1S/C24H28N2O4S/c1-16-13-19(17(2)25(16)12-10-18-7-5-4-6-8-18)21(27)14-30-23(29)20-15-31-24(3)11-9-22(28)26(20)24/h4-8,13,20H,9-12,14-15H2,1-3H3/t20-,24+/m1/s1. The highest BCUT2D eigenvalue weighted by atomic mass is 32.2. The highest BCUT2D eigenvalue weighted by Gasteiger charge is 2.53. The predicted molar refractivity (Wildman–Crippen MR) is 120 cm³/mol. The van der Waals surface area contributed by atoms with Crippen LogP contribution < -0.4 is 0 Å². The average Bonchev–Trinajstić information content (AvgIpc) is 3.36. The number of carbonyl (C=O) groups is 3. The minimum Gasteiger partial charge on any atom is -0.456 e. The molecule has 2 aliphatic heterocycles. The maximum Gasteiger partial charge on any atom is 0.330 e. The molecule has 2 fully saturated rings. The third kappa shape index (κ3) is 4.15. The number of aromatic nitrogens is 1. The molecule has 1 amide bonds. The molecule has 1 aromatic carbocycles. The number of carbonyl (C=O) groups excluding carboxylic acids is 3. The Balaban J connectivity index is 1.38. The van der Waals surface area contributed by atoms with Crippen molar-refractivity contribution in [2.75, 3.05) is 12.4 Å². The molecule has 0 radical (unpaired) electrons. The number of esters is 1. The summed E-state index contributed by atoms with van der Waals surface area (Å²) in [4.78, 5) is 39.0. The fraction of sp³-hybridized carbons (Fsp3) is 0.458. The van der Waals surface area contributed by atoms with E-state index in [2.05, 4.69) is 16.7 Å². The van der Waals surface area contributed by atoms with Gasteiger partial charge in [-0.25, -0.2) is 4.79 Å². The van der Waals surface area contributed by atoms with Crippen LogP contribution in [0.4, 0.5) is 0 Å². The Morgan fingerprint density at radius 2 is 1.97 bits per heavy atom. The van der Waals surface area contributed by atoms with Crippen molar-refractivity contribution >= 4 is 29.4 Å². The number of benzene rings is 1. The number of Topliss-reactive ketones (excluding diaryl/α,β-unsaturated/α-hetero) is 1. The van der Waals surface area contributed by atoms with Gasteiger partial charge >= 0.3 is 5.97 Å². The third-order valence-electron chi connectivity index (χ3n) is 6.40. The molecule has 2 aromatic rings. The van der Waals surface area contributed by atoms with Crippen molar-refractivity contribution in [3.63, 3.8) is 0 Å². The second-order valence-corrected chi connectivity index (χ2v) is 9.97. The van der Waals surface area contributed by atoms with E-state index < -0.39 is 12.0 Å². The Morgan fingerprint density at radius 1 is 1.23 bits per heavy atom. The molecule has 0 N–H and O–H groups in total. The normalized spacial score (nSPS) is 22.6. The number of hydrogen-bond donors (Lipinski definition) is 0. The van der Waals surface area contributed by atoms with Gasteiger partial charge in [-0.1, -0.05) is 30.3 Å². The number of aryl methyl sites for hydroxylation is 2. The van der Waals surface area contributed by atoms with Gasteiger partial charge in [0, 0.05) is 35.7 Å². The fourth-order valence-electron chi connectivity index (χ4n) is 4.62. The van der Waals surface area contributed by atoms with Gasteiger partial charge < -0.3 is 14.2 Å². The Hall–Kier alpha value is -2.54. The van der Waals surface area contributed by atoms with Gasteiger partial charge in [0.25, 0.3) is 0 Å². The molecule has 31 heavy (non-hydrogen) atoms. The van der Waals surface area contributed by atoms with Gasteiger partial charge in [0.15, 0.2) is 6.61 Å². The van der Waals surface area contributed by atoms with Crippen LogP contribution in [-0.2, 0) is 27.3 Å². The molecule has 6 nitrogen and oxygen atoms in total. The van der Waals surface area contributed by atoms with Gasteiger partial charge in [0.05, 0.1) is 4.87 Å². The number of rotatable bonds is 7. The van der Waals surface area contributed by atoms with E-state index in [0.29, 0.717) is 17.7 Å². The summed E-state index contributed by atoms with van der Waals surface area (Å²) >= 11 is 1.61. The quantitative estimate of drug-likeness (QED) is 0.487. The van der Waals surface area contributed by atoms with Gasteiger partial charge in [-0.15, -0.1) is 11.8 Å². The highest BCUT2D eigenvalue weighted by molar-refractivity contribution is 8.01. The van der Waals surface area contributed by atoms with Crippen LogP contribution in [-0.4, -0.2) is 50.4 Å². The largest absolute Gasteiger partial charge is 0.456 e. The minimum absolute atomic E-state index is 0.0114. The number of fused-ring (bicyclic) bond motifs is 1. The van der Waals surface area contributed by atoms with Gasteiger partial charge in [-0.3, -0.25) is 9.59 Å². The van der Waals surface area contributed by atoms with E-state index in [1.807, 2.05) is 45.0 Å². The lowest BCUT2D eigenvalue weighted by Gasteiger charge is -2.29. The lowest BCUT2D eigenvalue weighted by molar-refractivity contribution is -0.152. The molecular formula is C24H28N2O4S. The Labute approximate surface area is 186 Å². The highest BCUT2D eigenvalue weighted by Crippen LogP contribution is 2.47. The summed E-state index contributed by atoms with van der Waals surface area (Å²) < 4.78 is 7.50. The zero-order valence-electron chi connectivity index (χ0n) is 18.2. The third-order valence-corrected chi connectivity index (χ3v) is 7.91. The molecule has 0 aliphatic carbocycles. The summed E-state index contributed by atoms with van der Waals surface area (Å²) in [5.41, 5.74) is 3.72. The molecule has 1 aromatic heterocycles. The molecule has 4 rings (SSSR count). The van der Waals surface area contributed by atoms with Crippen molar-refractivity contribution in [2.24, 2.45) is 0 Å². The molecule has 7 heteroatoms. The number of hydrogen-bond acceptors (Lipinski definition) is 5. The Bertz CT molecular complexity index is 1020. The first-order chi connectivity index (χ1) is 14.8. The molecule has 0 unspecified atom stereocenters. The Morgan fingerprint density at radius 3 is 2.71 bits per heavy atom. The van der Waals surface area contributed by atoms with Crippen LogP contribution in [0.5, 0.6) is 0 Å². The van der Waals surface area contributed by atoms with E-state index in [4.69, 9.17) is 4.74 Å². The number of amides is 1. The monoisotopic (exact) mass is 440 g/mol. The smallest absolute Gasteiger partial charge is 0.330 e. The first kappa shape index (κ1) is 21.7. The molecule has 0 bridgehead atoms. The number of ketones is 1. The molecular weight excluding hydrogens is 412 g/mol. The summed E-state index contributed by atoms with van der Waals surface area (Å²) in [7, 11) is 0. The van der Waals surface area contributed by atoms with Gasteiger partial charge in [0.1, 0.15) is 6.04 Å². The molecule has 2 aliphatic rings. The average molecular weight is 441 g/mol. The second-order valence-electron chi connectivity index (χ2n) is 8.47. The zero-order valence-corrected chi connectivity index (χ0v) is 19.0. The van der Waals surface area contributed by atoms with Crippen molar-refractivity contribution < 1.29 is 19.1 Å². The molecule has 2 atom stereocenters. The maximum atomic E-state index is 12.8. The summed E-state index contributed by atoms with van der Waals surface area (Å²) in [6, 6.07) is 11.5. The maximum absolute atomic E-state index is 12.8. The summed E-state index contributed by atoms with van der Waals surface area (Å²) in [5, 5.41) is 0. The van der Waals surface area contributed by atoms with E-state index >= 15 is 0 Å². The SMILES string of the molecule is Cc1cc(C(=O)COC(=O)[C@H]2CS[C@@]3(C)CCC(=O)N23)c(C)n1CCc1ccccc1. The summed E-state index contributed by atoms with van der Waals surface area (Å²) in [5.74, 6) is -0.197. The molecule has 164 valence electrons. The van der Waals surface area contributed by atoms with Gasteiger partial charge in [0.2, 0.25) is 11.7 Å². The van der Waals surface area contributed by atoms with Crippen LogP contribution in [0.15, 0.2) is 36.4 Å². The van der Waals surface area contributed by atoms with E-state index in [-0.39, 0.29) is 23.2 Å². The van der Waals surface area contributed by atoms with Crippen LogP contribution in [0.25, 0.3) is 0 Å². The summed E-state index contributed by atoms with van der Waals surface area (Å²) in [6.45, 7) is 6.38. The second kappa shape index (κ2) is 8.54. The molecule has 0 saturated carbocycles. The van der Waals surface area contributed by atoms with Gasteiger partial charge in [-0.05, 0) is 45.2 Å². The molecule has 3 heterocycles. The molecule has 2 saturated heterocycles. The Kier molecular flexibility index (Phi) is 5.97. The van der Waals surface area contributed by atoms with Crippen LogP contribution in [0, 0.1) is 13.8 Å². The van der Waals surface area contributed by atoms with Crippen molar-refractivity contribution in [3.8, 4) is 0 Å². The lowest BCUT2D eigenvalue weighted by Crippen LogP contribution is -2.46. The minimum atomic E-state index is -0.601. The van der Waals surface area contributed by atoms with Crippen LogP contribution in [0.1, 0.15) is 47.1 Å². The predicted octanol–water partition coefficient (Wildman–Crippen LogP) is 3.53. The number of ether oxygens (including phenoxy) is 1. The van der Waals surface area contributed by atoms with Crippen molar-refractivity contribution in [1.82, 2.24) is 9.47 Å². The van der Waals surface area contributed by atoms with E-state index in [0.717, 1.165) is 30.8 Å². The number of nitrogens with zero attached hydrogens (tertiary/aromatic N) is 2. The van der Waals surface area contributed by atoms with Crippen LogP contribution >= 0.6 is 11.8 Å². The fourth-order valence-corrected chi connectivity index (χ4v) is 6.04. The van der Waals surface area contributed by atoms with E-state index in [1.165, 1.54) is 5.56 Å². The topological polar surface area (TPSA) is 68.6 Å². The van der Waals surface area contributed by atoms with E-state index in [1.54, 1.807) is 16.7 Å². The number of thioether (sulfide) groups is 1. The van der Waals surface area contributed by atoms with Crippen LogP contribution in [0.3, 0.4) is 0 Å². The van der Waals surface area contributed by atoms with Gasteiger partial charge in [-0.2, -0.15) is 0 Å². The van der Waals surface area contributed by atoms with E-state index in [9.17, 15) is 14.4 Å².